The Kier molecular flexibility index (Phi) is 6.55. The molecule has 1 aliphatic rings. The first kappa shape index (κ1) is 28.3. The van der Waals surface area contributed by atoms with Crippen molar-refractivity contribution in [1.29, 1.82) is 0 Å². The van der Waals surface area contributed by atoms with Gasteiger partial charge in [-0.15, -0.1) is 0 Å². The van der Waals surface area contributed by atoms with Crippen molar-refractivity contribution in [3.8, 4) is 33.4 Å². The molecule has 0 radical (unpaired) electrons. The quantitative estimate of drug-likeness (QED) is 0.187. The van der Waals surface area contributed by atoms with Crippen LogP contribution in [0.2, 0.25) is 0 Å². The maximum atomic E-state index is 2.48. The molecular weight excluding hydrogens is 579 g/mol. The maximum absolute atomic E-state index is 2.48. The Morgan fingerprint density at radius 1 is 0.396 bits per heavy atom. The molecule has 0 saturated heterocycles. The van der Waals surface area contributed by atoms with Gasteiger partial charge in [0, 0.05) is 16.8 Å². The summed E-state index contributed by atoms with van der Waals surface area (Å²) in [4.78, 5) is 2.48. The molecule has 1 nitrogen and oxygen atoms in total. The van der Waals surface area contributed by atoms with Gasteiger partial charge in [-0.3, -0.25) is 0 Å². The highest BCUT2D eigenvalue weighted by atomic mass is 15.1. The van der Waals surface area contributed by atoms with Crippen LogP contribution in [0.4, 0.5) is 17.1 Å². The zero-order valence-electron chi connectivity index (χ0n) is 27.2. The fraction of sp³-hybridized carbons (Fsp3) is 0.0638. The Labute approximate surface area is 282 Å². The number of nitrogens with zero attached hydrogens (tertiary/aromatic N) is 1. The van der Waals surface area contributed by atoms with Gasteiger partial charge in [0.25, 0.3) is 0 Å². The molecule has 0 heterocycles. The molecule has 0 unspecified atom stereocenters. The van der Waals surface area contributed by atoms with Gasteiger partial charge in [-0.1, -0.05) is 153 Å². The third kappa shape index (κ3) is 4.54. The second-order valence-electron chi connectivity index (χ2n) is 13.4. The van der Waals surface area contributed by atoms with Crippen molar-refractivity contribution in [2.75, 3.05) is 4.90 Å². The number of hydrogen-bond acceptors (Lipinski definition) is 1. The molecule has 1 heteroatoms. The van der Waals surface area contributed by atoms with Crippen LogP contribution in [0.15, 0.2) is 176 Å². The summed E-state index contributed by atoms with van der Waals surface area (Å²) in [5.74, 6) is 0. The van der Waals surface area contributed by atoms with Crippen LogP contribution < -0.4 is 4.90 Å². The molecule has 0 fully saturated rings. The van der Waals surface area contributed by atoms with Crippen molar-refractivity contribution in [2.24, 2.45) is 0 Å². The van der Waals surface area contributed by atoms with E-state index in [2.05, 4.69) is 195 Å². The molecule has 0 spiro atoms. The molecule has 0 aromatic heterocycles. The lowest BCUT2D eigenvalue weighted by Crippen LogP contribution is -2.20. The van der Waals surface area contributed by atoms with E-state index in [1.807, 2.05) is 0 Å². The van der Waals surface area contributed by atoms with Crippen LogP contribution in [0.1, 0.15) is 25.0 Å². The average molecular weight is 614 g/mol. The van der Waals surface area contributed by atoms with Crippen LogP contribution >= 0.6 is 0 Å². The van der Waals surface area contributed by atoms with E-state index in [0.717, 1.165) is 11.4 Å². The lowest BCUT2D eigenvalue weighted by molar-refractivity contribution is 0.661. The molecule has 0 bridgehead atoms. The standard InChI is InChI=1S/C47H35N/c1-47(2)44-25-8-7-22-42(44)43-24-12-26-45(46(43)47)48(38-19-9-17-35(30-38)36-28-27-32-13-3-4-15-34(32)29-36)39-20-10-18-37(31-39)41-23-11-16-33-14-5-6-21-40(33)41/h3-31H,1-2H3. The molecule has 0 saturated carbocycles. The normalized spacial score (nSPS) is 13.0. The highest BCUT2D eigenvalue weighted by molar-refractivity contribution is 5.98. The van der Waals surface area contributed by atoms with Crippen LogP contribution in [-0.4, -0.2) is 0 Å². The summed E-state index contributed by atoms with van der Waals surface area (Å²) < 4.78 is 0. The van der Waals surface area contributed by atoms with Crippen LogP contribution in [0, 0.1) is 0 Å². The van der Waals surface area contributed by atoms with Crippen molar-refractivity contribution < 1.29 is 0 Å². The van der Waals surface area contributed by atoms with Crippen molar-refractivity contribution in [3.63, 3.8) is 0 Å². The minimum atomic E-state index is -0.163. The van der Waals surface area contributed by atoms with Crippen LogP contribution in [-0.2, 0) is 5.41 Å². The number of fused-ring (bicyclic) bond motifs is 5. The van der Waals surface area contributed by atoms with Gasteiger partial charge >= 0.3 is 0 Å². The van der Waals surface area contributed by atoms with E-state index < -0.39 is 0 Å². The van der Waals surface area contributed by atoms with Gasteiger partial charge in [0.2, 0.25) is 0 Å². The van der Waals surface area contributed by atoms with Gasteiger partial charge in [-0.25, -0.2) is 0 Å². The summed E-state index contributed by atoms with van der Waals surface area (Å²) in [6.45, 7) is 4.74. The summed E-state index contributed by atoms with van der Waals surface area (Å²) >= 11 is 0. The van der Waals surface area contributed by atoms with Crippen LogP contribution in [0.3, 0.4) is 0 Å². The molecule has 8 aromatic carbocycles. The van der Waals surface area contributed by atoms with Crippen LogP contribution in [0.25, 0.3) is 54.9 Å². The van der Waals surface area contributed by atoms with Gasteiger partial charge in [-0.2, -0.15) is 0 Å². The second-order valence-corrected chi connectivity index (χ2v) is 13.4. The molecular formula is C47H35N. The van der Waals surface area contributed by atoms with E-state index in [1.165, 1.54) is 71.7 Å². The van der Waals surface area contributed by atoms with Crippen molar-refractivity contribution >= 4 is 38.6 Å². The molecule has 9 rings (SSSR count). The Morgan fingerprint density at radius 2 is 0.979 bits per heavy atom. The first-order chi connectivity index (χ1) is 23.6. The lowest BCUT2D eigenvalue weighted by atomic mass is 9.81. The van der Waals surface area contributed by atoms with Gasteiger partial charge in [0.05, 0.1) is 5.69 Å². The van der Waals surface area contributed by atoms with Gasteiger partial charge < -0.3 is 4.90 Å². The van der Waals surface area contributed by atoms with Gasteiger partial charge in [0.15, 0.2) is 0 Å². The summed E-state index contributed by atoms with van der Waals surface area (Å²) in [5, 5.41) is 5.02. The molecule has 0 amide bonds. The summed E-state index contributed by atoms with van der Waals surface area (Å²) in [6, 6.07) is 64.5. The predicted molar refractivity (Wildman–Crippen MR) is 205 cm³/mol. The molecule has 0 N–H and O–H groups in total. The van der Waals surface area contributed by atoms with Gasteiger partial charge in [0.1, 0.15) is 0 Å². The molecule has 8 aromatic rings. The number of benzene rings is 8. The Balaban J connectivity index is 1.27. The van der Waals surface area contributed by atoms with Crippen molar-refractivity contribution in [1.82, 2.24) is 0 Å². The summed E-state index contributed by atoms with van der Waals surface area (Å²) in [5.41, 5.74) is 13.5. The molecule has 0 aliphatic heterocycles. The fourth-order valence-corrected chi connectivity index (χ4v) is 7.92. The highest BCUT2D eigenvalue weighted by Crippen LogP contribution is 2.54. The second kappa shape index (κ2) is 11.1. The lowest BCUT2D eigenvalue weighted by Gasteiger charge is -2.32. The molecule has 48 heavy (non-hydrogen) atoms. The first-order valence-corrected chi connectivity index (χ1v) is 16.8. The van der Waals surface area contributed by atoms with Crippen molar-refractivity contribution in [2.45, 2.75) is 19.3 Å². The Hall–Kier alpha value is -5.92. The average Bonchev–Trinajstić information content (AvgIpc) is 3.38. The van der Waals surface area contributed by atoms with E-state index in [1.54, 1.807) is 0 Å². The number of anilines is 3. The smallest absolute Gasteiger partial charge is 0.0508 e. The predicted octanol–water partition coefficient (Wildman–Crippen LogP) is 13.1. The van der Waals surface area contributed by atoms with Crippen molar-refractivity contribution in [3.05, 3.63) is 187 Å². The zero-order chi connectivity index (χ0) is 32.2. The largest absolute Gasteiger partial charge is 0.310 e. The first-order valence-electron chi connectivity index (χ1n) is 16.8. The van der Waals surface area contributed by atoms with E-state index in [-0.39, 0.29) is 5.41 Å². The van der Waals surface area contributed by atoms with E-state index >= 15 is 0 Å². The topological polar surface area (TPSA) is 3.24 Å². The van der Waals surface area contributed by atoms with E-state index in [9.17, 15) is 0 Å². The van der Waals surface area contributed by atoms with Crippen LogP contribution in [0.5, 0.6) is 0 Å². The highest BCUT2D eigenvalue weighted by Gasteiger charge is 2.38. The molecule has 228 valence electrons. The van der Waals surface area contributed by atoms with Gasteiger partial charge in [-0.05, 0) is 102 Å². The third-order valence-electron chi connectivity index (χ3n) is 10.2. The zero-order valence-corrected chi connectivity index (χ0v) is 27.2. The monoisotopic (exact) mass is 613 g/mol. The fourth-order valence-electron chi connectivity index (χ4n) is 7.92. The molecule has 1 aliphatic carbocycles. The Bertz CT molecular complexity index is 2500. The SMILES string of the molecule is CC1(C)c2ccccc2-c2cccc(N(c3cccc(-c4ccc5ccccc5c4)c3)c3cccc(-c4cccc5ccccc45)c3)c21. The minimum absolute atomic E-state index is 0.163. The maximum Gasteiger partial charge on any atom is 0.0508 e. The summed E-state index contributed by atoms with van der Waals surface area (Å²) in [7, 11) is 0. The Morgan fingerprint density at radius 3 is 1.83 bits per heavy atom. The summed E-state index contributed by atoms with van der Waals surface area (Å²) in [6.07, 6.45) is 0. The van der Waals surface area contributed by atoms with E-state index in [0.29, 0.717) is 0 Å². The minimum Gasteiger partial charge on any atom is -0.310 e. The van der Waals surface area contributed by atoms with E-state index in [4.69, 9.17) is 0 Å². The number of hydrogen-bond donors (Lipinski definition) is 0. The third-order valence-corrected chi connectivity index (χ3v) is 10.2. The number of rotatable bonds is 5. The molecule has 0 atom stereocenters.